The zero-order chi connectivity index (χ0) is 21.0. The van der Waals surface area contributed by atoms with Crippen LogP contribution in [0.15, 0.2) is 47.4 Å². The smallest absolute Gasteiger partial charge is 0.337 e. The molecule has 1 aliphatic rings. The van der Waals surface area contributed by atoms with E-state index < -0.39 is 16.0 Å². The average molecular weight is 439 g/mol. The third-order valence-corrected chi connectivity index (χ3v) is 6.90. The number of carbonyl (C=O) groups is 1. The first-order valence-corrected chi connectivity index (χ1v) is 11.0. The number of carbonyl (C=O) groups excluding carboxylic acids is 1. The molecule has 1 aliphatic heterocycles. The standard InChI is InChI=1S/C20H23ClN2O5S/c1-27-17-6-4-16(5-7-17)23-11-9-15(10-12-23)22-29(25,26)19-8-3-14(13-18(19)21)20(24)28-2/h3-8,13,15,22H,9-12H2,1-2H3. The van der Waals surface area contributed by atoms with Crippen LogP contribution in [0.1, 0.15) is 23.2 Å². The molecule has 0 bridgehead atoms. The topological polar surface area (TPSA) is 84.9 Å². The van der Waals surface area contributed by atoms with E-state index in [1.54, 1.807) is 7.11 Å². The highest BCUT2D eigenvalue weighted by Crippen LogP contribution is 2.26. The minimum atomic E-state index is -3.80. The number of nitrogens with one attached hydrogen (secondary N) is 1. The molecule has 0 saturated carbocycles. The molecule has 2 aromatic rings. The van der Waals surface area contributed by atoms with Crippen molar-refractivity contribution in [3.63, 3.8) is 0 Å². The summed E-state index contributed by atoms with van der Waals surface area (Å²) in [5.74, 6) is 0.223. The molecule has 0 aromatic heterocycles. The molecule has 0 unspecified atom stereocenters. The molecule has 29 heavy (non-hydrogen) atoms. The number of halogens is 1. The van der Waals surface area contributed by atoms with Crippen LogP contribution in [0, 0.1) is 0 Å². The van der Waals surface area contributed by atoms with Crippen molar-refractivity contribution in [2.45, 2.75) is 23.8 Å². The molecule has 7 nitrogen and oxygen atoms in total. The molecule has 3 rings (SSSR count). The maximum atomic E-state index is 12.8. The van der Waals surface area contributed by atoms with Crippen LogP contribution in [-0.4, -0.2) is 47.7 Å². The van der Waals surface area contributed by atoms with Gasteiger partial charge in [-0.05, 0) is 55.3 Å². The number of sulfonamides is 1. The molecule has 1 fully saturated rings. The van der Waals surface area contributed by atoms with E-state index in [9.17, 15) is 13.2 Å². The highest BCUT2D eigenvalue weighted by molar-refractivity contribution is 7.89. The Morgan fingerprint density at radius 3 is 2.31 bits per heavy atom. The second kappa shape index (κ2) is 9.02. The highest BCUT2D eigenvalue weighted by atomic mass is 35.5. The van der Waals surface area contributed by atoms with Crippen molar-refractivity contribution in [3.05, 3.63) is 53.1 Å². The summed E-state index contributed by atoms with van der Waals surface area (Å²) in [6.45, 7) is 1.46. The van der Waals surface area contributed by atoms with Crippen LogP contribution >= 0.6 is 11.6 Å². The van der Waals surface area contributed by atoms with Gasteiger partial charge in [0.1, 0.15) is 10.6 Å². The zero-order valence-corrected chi connectivity index (χ0v) is 17.8. The number of hydrogen-bond acceptors (Lipinski definition) is 6. The Morgan fingerprint density at radius 1 is 1.10 bits per heavy atom. The van der Waals surface area contributed by atoms with Gasteiger partial charge in [-0.15, -0.1) is 0 Å². The molecule has 0 atom stereocenters. The van der Waals surface area contributed by atoms with Gasteiger partial charge in [0, 0.05) is 24.8 Å². The van der Waals surface area contributed by atoms with Crippen molar-refractivity contribution in [3.8, 4) is 5.75 Å². The summed E-state index contributed by atoms with van der Waals surface area (Å²) in [7, 11) is -0.922. The summed E-state index contributed by atoms with van der Waals surface area (Å²) in [6.07, 6.45) is 1.34. The third kappa shape index (κ3) is 5.01. The van der Waals surface area contributed by atoms with E-state index in [0.29, 0.717) is 12.8 Å². The molecule has 2 aromatic carbocycles. The lowest BCUT2D eigenvalue weighted by atomic mass is 10.1. The average Bonchev–Trinajstić information content (AvgIpc) is 2.73. The van der Waals surface area contributed by atoms with Crippen molar-refractivity contribution in [1.82, 2.24) is 4.72 Å². The summed E-state index contributed by atoms with van der Waals surface area (Å²) in [5.41, 5.74) is 1.28. The van der Waals surface area contributed by atoms with Crippen LogP contribution in [0.2, 0.25) is 5.02 Å². The van der Waals surface area contributed by atoms with Crippen LogP contribution in [0.4, 0.5) is 5.69 Å². The van der Waals surface area contributed by atoms with E-state index in [4.69, 9.17) is 16.3 Å². The Balaban J connectivity index is 1.64. The van der Waals surface area contributed by atoms with E-state index >= 15 is 0 Å². The van der Waals surface area contributed by atoms with Gasteiger partial charge in [0.2, 0.25) is 10.0 Å². The Bertz CT molecular complexity index is 971. The maximum Gasteiger partial charge on any atom is 0.337 e. The number of methoxy groups -OCH3 is 2. The summed E-state index contributed by atoms with van der Waals surface area (Å²) >= 11 is 6.12. The first-order chi connectivity index (χ1) is 13.8. The van der Waals surface area contributed by atoms with Crippen LogP contribution in [-0.2, 0) is 14.8 Å². The van der Waals surface area contributed by atoms with E-state index in [2.05, 4.69) is 14.4 Å². The van der Waals surface area contributed by atoms with Gasteiger partial charge in [0.25, 0.3) is 0 Å². The molecule has 0 radical (unpaired) electrons. The molecular weight excluding hydrogens is 416 g/mol. The number of anilines is 1. The molecule has 0 amide bonds. The van der Waals surface area contributed by atoms with Gasteiger partial charge in [-0.25, -0.2) is 17.9 Å². The van der Waals surface area contributed by atoms with E-state index in [1.165, 1.54) is 25.3 Å². The van der Waals surface area contributed by atoms with Gasteiger partial charge >= 0.3 is 5.97 Å². The SMILES string of the molecule is COC(=O)c1ccc(S(=O)(=O)NC2CCN(c3ccc(OC)cc3)CC2)c(Cl)c1. The highest BCUT2D eigenvalue weighted by Gasteiger charge is 2.26. The van der Waals surface area contributed by atoms with E-state index in [1.807, 2.05) is 24.3 Å². The number of hydrogen-bond donors (Lipinski definition) is 1. The maximum absolute atomic E-state index is 12.8. The lowest BCUT2D eigenvalue weighted by molar-refractivity contribution is 0.0600. The fourth-order valence-electron chi connectivity index (χ4n) is 3.30. The monoisotopic (exact) mass is 438 g/mol. The summed E-state index contributed by atoms with van der Waals surface area (Å²) < 4.78 is 38.0. The fraction of sp³-hybridized carbons (Fsp3) is 0.350. The second-order valence-corrected chi connectivity index (χ2v) is 8.81. The Kier molecular flexibility index (Phi) is 6.66. The molecule has 0 aliphatic carbocycles. The number of ether oxygens (including phenoxy) is 2. The first-order valence-electron chi connectivity index (χ1n) is 9.13. The van der Waals surface area contributed by atoms with Crippen molar-refractivity contribution in [1.29, 1.82) is 0 Å². The molecule has 1 N–H and O–H groups in total. The van der Waals surface area contributed by atoms with Crippen LogP contribution in [0.25, 0.3) is 0 Å². The van der Waals surface area contributed by atoms with Crippen LogP contribution in [0.3, 0.4) is 0 Å². The quantitative estimate of drug-likeness (QED) is 0.697. The van der Waals surface area contributed by atoms with E-state index in [0.717, 1.165) is 24.5 Å². The number of benzene rings is 2. The Hall–Kier alpha value is -2.29. The molecule has 0 spiro atoms. The summed E-state index contributed by atoms with van der Waals surface area (Å²) in [6, 6.07) is 11.6. The van der Waals surface area contributed by atoms with Crippen molar-refractivity contribution >= 4 is 33.3 Å². The zero-order valence-electron chi connectivity index (χ0n) is 16.2. The van der Waals surface area contributed by atoms with Crippen LogP contribution in [0.5, 0.6) is 5.75 Å². The van der Waals surface area contributed by atoms with Gasteiger partial charge in [-0.1, -0.05) is 11.6 Å². The second-order valence-electron chi connectivity index (χ2n) is 6.72. The van der Waals surface area contributed by atoms with Crippen molar-refractivity contribution < 1.29 is 22.7 Å². The molecule has 1 saturated heterocycles. The normalized spacial score (nSPS) is 15.2. The van der Waals surface area contributed by atoms with Gasteiger partial charge in [-0.2, -0.15) is 0 Å². The molecule has 156 valence electrons. The largest absolute Gasteiger partial charge is 0.497 e. The fourth-order valence-corrected chi connectivity index (χ4v) is 5.14. The van der Waals surface area contributed by atoms with Crippen molar-refractivity contribution in [2.75, 3.05) is 32.2 Å². The van der Waals surface area contributed by atoms with Gasteiger partial charge < -0.3 is 14.4 Å². The molecule has 9 heteroatoms. The lowest BCUT2D eigenvalue weighted by Gasteiger charge is -2.34. The number of nitrogens with zero attached hydrogens (tertiary/aromatic N) is 1. The minimum Gasteiger partial charge on any atom is -0.497 e. The Morgan fingerprint density at radius 2 is 1.76 bits per heavy atom. The van der Waals surface area contributed by atoms with Gasteiger partial charge in [0.15, 0.2) is 0 Å². The first kappa shape index (κ1) is 21.4. The number of esters is 1. The molecule has 1 heterocycles. The number of piperidine rings is 1. The Labute approximate surface area is 175 Å². The summed E-state index contributed by atoms with van der Waals surface area (Å²) in [5, 5.41) is -0.0175. The predicted molar refractivity (Wildman–Crippen MR) is 111 cm³/mol. The summed E-state index contributed by atoms with van der Waals surface area (Å²) in [4.78, 5) is 13.7. The number of rotatable bonds is 6. The van der Waals surface area contributed by atoms with Gasteiger partial charge in [-0.3, -0.25) is 0 Å². The van der Waals surface area contributed by atoms with Crippen LogP contribution < -0.4 is 14.4 Å². The third-order valence-electron chi connectivity index (χ3n) is 4.90. The lowest BCUT2D eigenvalue weighted by Crippen LogP contribution is -2.44. The minimum absolute atomic E-state index is 0.0175. The van der Waals surface area contributed by atoms with Gasteiger partial charge in [0.05, 0.1) is 24.8 Å². The predicted octanol–water partition coefficient (Wildman–Crippen LogP) is 3.08. The van der Waals surface area contributed by atoms with E-state index in [-0.39, 0.29) is 21.5 Å². The molecular formula is C20H23ClN2O5S. The van der Waals surface area contributed by atoms with Crippen molar-refractivity contribution in [2.24, 2.45) is 0 Å².